The van der Waals surface area contributed by atoms with Gasteiger partial charge in [-0.25, -0.2) is 4.39 Å². The molecular formula is C23H35FS2. The molecule has 0 saturated heterocycles. The zero-order valence-electron chi connectivity index (χ0n) is 17.5. The first-order valence-corrected chi connectivity index (χ1v) is 11.5. The number of hydrogen-bond acceptors (Lipinski definition) is 2. The zero-order chi connectivity index (χ0) is 19.6. The van der Waals surface area contributed by atoms with E-state index in [1.165, 1.54) is 10.4 Å². The van der Waals surface area contributed by atoms with Crippen LogP contribution in [-0.4, -0.2) is 5.67 Å². The summed E-state index contributed by atoms with van der Waals surface area (Å²) in [6, 6.07) is 6.66. The van der Waals surface area contributed by atoms with Gasteiger partial charge in [0.25, 0.3) is 0 Å². The van der Waals surface area contributed by atoms with Gasteiger partial charge >= 0.3 is 0 Å². The first kappa shape index (κ1) is 21.6. The van der Waals surface area contributed by atoms with Gasteiger partial charge in [0, 0.05) is 4.88 Å². The van der Waals surface area contributed by atoms with Crippen molar-refractivity contribution in [1.82, 2.24) is 0 Å². The third kappa shape index (κ3) is 4.98. The van der Waals surface area contributed by atoms with Crippen molar-refractivity contribution in [2.75, 3.05) is 0 Å². The van der Waals surface area contributed by atoms with Gasteiger partial charge in [-0.05, 0) is 89.6 Å². The molecule has 2 heterocycles. The molecule has 2 rings (SSSR count). The van der Waals surface area contributed by atoms with Crippen molar-refractivity contribution in [2.45, 2.75) is 90.6 Å². The summed E-state index contributed by atoms with van der Waals surface area (Å²) < 4.78 is 14.6. The Balaban J connectivity index is 2.16. The van der Waals surface area contributed by atoms with E-state index in [9.17, 15) is 4.39 Å². The molecule has 0 bridgehead atoms. The van der Waals surface area contributed by atoms with E-state index in [-0.39, 0.29) is 16.2 Å². The van der Waals surface area contributed by atoms with Gasteiger partial charge in [-0.2, -0.15) is 11.3 Å². The fourth-order valence-corrected chi connectivity index (χ4v) is 4.98. The summed E-state index contributed by atoms with van der Waals surface area (Å²) in [5.41, 5.74) is 0.195. The fraction of sp³-hybridized carbons (Fsp3) is 0.652. The van der Waals surface area contributed by atoms with Crippen molar-refractivity contribution >= 4 is 22.7 Å². The molecule has 3 heteroatoms. The highest BCUT2D eigenvalue weighted by atomic mass is 32.1. The minimum Gasteiger partial charge on any atom is -0.244 e. The van der Waals surface area contributed by atoms with Gasteiger partial charge in [-0.3, -0.25) is 0 Å². The molecule has 0 amide bonds. The molecule has 2 aromatic rings. The van der Waals surface area contributed by atoms with Crippen molar-refractivity contribution in [3.63, 3.8) is 0 Å². The summed E-state index contributed by atoms with van der Waals surface area (Å²) in [6.45, 7) is 14.6. The summed E-state index contributed by atoms with van der Waals surface area (Å²) in [5, 5.41) is 6.62. The van der Waals surface area contributed by atoms with Crippen molar-refractivity contribution < 1.29 is 4.39 Å². The van der Waals surface area contributed by atoms with Crippen molar-refractivity contribution in [3.05, 3.63) is 44.8 Å². The van der Waals surface area contributed by atoms with Crippen molar-refractivity contribution in [3.8, 4) is 0 Å². The van der Waals surface area contributed by atoms with Gasteiger partial charge < -0.3 is 0 Å². The predicted molar refractivity (Wildman–Crippen MR) is 116 cm³/mol. The highest BCUT2D eigenvalue weighted by Crippen LogP contribution is 2.45. The largest absolute Gasteiger partial charge is 0.244 e. The molecule has 1 unspecified atom stereocenters. The van der Waals surface area contributed by atoms with Gasteiger partial charge in [-0.15, -0.1) is 11.3 Å². The minimum atomic E-state index is -1.17. The Morgan fingerprint density at radius 1 is 0.846 bits per heavy atom. The van der Waals surface area contributed by atoms with E-state index in [0.717, 1.165) is 25.7 Å². The van der Waals surface area contributed by atoms with E-state index < -0.39 is 5.67 Å². The molecular weight excluding hydrogens is 359 g/mol. The summed E-state index contributed by atoms with van der Waals surface area (Å²) in [7, 11) is 0. The van der Waals surface area contributed by atoms with Gasteiger partial charge in [-0.1, -0.05) is 40.7 Å². The van der Waals surface area contributed by atoms with Crippen LogP contribution in [0, 0.1) is 5.41 Å². The van der Waals surface area contributed by atoms with Crippen molar-refractivity contribution in [1.29, 1.82) is 0 Å². The number of hydrogen-bond donors (Lipinski definition) is 0. The van der Waals surface area contributed by atoms with Crippen LogP contribution < -0.4 is 0 Å². The Labute approximate surface area is 167 Å². The molecule has 0 spiro atoms. The second-order valence-corrected chi connectivity index (χ2v) is 11.5. The van der Waals surface area contributed by atoms with Crippen LogP contribution >= 0.6 is 22.7 Å². The van der Waals surface area contributed by atoms with E-state index in [4.69, 9.17) is 0 Å². The number of thiophene rings is 2. The molecule has 146 valence electrons. The molecule has 0 aliphatic rings. The molecule has 0 aliphatic carbocycles. The maximum absolute atomic E-state index is 14.6. The van der Waals surface area contributed by atoms with Crippen LogP contribution in [0.25, 0.3) is 0 Å². The first-order valence-electron chi connectivity index (χ1n) is 9.63. The Morgan fingerprint density at radius 3 is 2.00 bits per heavy atom. The summed E-state index contributed by atoms with van der Waals surface area (Å²) in [4.78, 5) is 1.45. The number of alkyl halides is 1. The van der Waals surface area contributed by atoms with Gasteiger partial charge in [0.1, 0.15) is 5.67 Å². The molecule has 1 atom stereocenters. The average molecular weight is 395 g/mol. The van der Waals surface area contributed by atoms with Crippen LogP contribution in [0.1, 0.15) is 84.6 Å². The SMILES string of the molecule is CC(C)(CCC(C)(CCC(C)(C)C(C)(C)F)c1ccsc1)c1cccs1. The normalized spacial score (nSPS) is 15.8. The molecule has 2 aromatic heterocycles. The van der Waals surface area contributed by atoms with Crippen LogP contribution in [0.2, 0.25) is 0 Å². The van der Waals surface area contributed by atoms with Crippen LogP contribution in [-0.2, 0) is 10.8 Å². The lowest BCUT2D eigenvalue weighted by molar-refractivity contribution is 0.0377. The van der Waals surface area contributed by atoms with E-state index >= 15 is 0 Å². The highest BCUT2D eigenvalue weighted by molar-refractivity contribution is 7.10. The average Bonchev–Trinajstić information content (AvgIpc) is 3.22. The van der Waals surface area contributed by atoms with Crippen molar-refractivity contribution in [2.24, 2.45) is 5.41 Å². The molecule has 26 heavy (non-hydrogen) atoms. The Hall–Kier alpha value is -0.670. The molecule has 0 radical (unpaired) electrons. The highest BCUT2D eigenvalue weighted by Gasteiger charge is 2.40. The Bertz CT molecular complexity index is 660. The molecule has 0 aromatic carbocycles. The van der Waals surface area contributed by atoms with E-state index in [1.54, 1.807) is 25.2 Å². The third-order valence-corrected chi connectivity index (χ3v) is 8.54. The predicted octanol–water partition coefficient (Wildman–Crippen LogP) is 8.38. The second-order valence-electron chi connectivity index (χ2n) is 9.79. The van der Waals surface area contributed by atoms with E-state index in [0.29, 0.717) is 0 Å². The number of halogens is 1. The molecule has 0 N–H and O–H groups in total. The maximum Gasteiger partial charge on any atom is 0.110 e. The maximum atomic E-state index is 14.6. The Kier molecular flexibility index (Phi) is 6.45. The molecule has 0 aliphatic heterocycles. The molecule has 0 saturated carbocycles. The molecule has 0 nitrogen and oxygen atoms in total. The smallest absolute Gasteiger partial charge is 0.110 e. The lowest BCUT2D eigenvalue weighted by Crippen LogP contribution is -2.37. The quantitative estimate of drug-likeness (QED) is 0.400. The lowest BCUT2D eigenvalue weighted by atomic mass is 9.67. The van der Waals surface area contributed by atoms with Gasteiger partial charge in [0.2, 0.25) is 0 Å². The van der Waals surface area contributed by atoms with E-state index in [2.05, 4.69) is 69.0 Å². The number of rotatable bonds is 9. The lowest BCUT2D eigenvalue weighted by Gasteiger charge is -2.40. The molecule has 0 fully saturated rings. The monoisotopic (exact) mass is 394 g/mol. The summed E-state index contributed by atoms with van der Waals surface area (Å²) in [5.74, 6) is 0. The zero-order valence-corrected chi connectivity index (χ0v) is 19.1. The minimum absolute atomic E-state index is 0.0943. The van der Waals surface area contributed by atoms with E-state index in [1.807, 2.05) is 11.3 Å². The standard InChI is InChI=1S/C23H35FS2/c1-20(2,19-9-8-15-26-19)11-13-23(7,18-10-16-25-17-18)14-12-21(3,4)22(5,6)24/h8-10,15-17H,11-14H2,1-7H3. The summed E-state index contributed by atoms with van der Waals surface area (Å²) >= 11 is 3.62. The first-order chi connectivity index (χ1) is 11.9. The van der Waals surface area contributed by atoms with Crippen LogP contribution in [0.3, 0.4) is 0 Å². The summed E-state index contributed by atoms with van der Waals surface area (Å²) in [6.07, 6.45) is 4.17. The van der Waals surface area contributed by atoms with Crippen LogP contribution in [0.4, 0.5) is 4.39 Å². The van der Waals surface area contributed by atoms with Crippen LogP contribution in [0.15, 0.2) is 34.3 Å². The topological polar surface area (TPSA) is 0 Å². The van der Waals surface area contributed by atoms with Gasteiger partial charge in [0.05, 0.1) is 0 Å². The van der Waals surface area contributed by atoms with Crippen LogP contribution in [0.5, 0.6) is 0 Å². The fourth-order valence-electron chi connectivity index (χ4n) is 3.28. The third-order valence-electron chi connectivity index (χ3n) is 6.62. The van der Waals surface area contributed by atoms with Gasteiger partial charge in [0.15, 0.2) is 0 Å². The second kappa shape index (κ2) is 7.75. The Morgan fingerprint density at radius 2 is 1.50 bits per heavy atom.